The van der Waals surface area contributed by atoms with Gasteiger partial charge < -0.3 is 5.11 Å². The summed E-state index contributed by atoms with van der Waals surface area (Å²) < 4.78 is 13.8. The SMILES string of the molecule is [O-]CCCc1ccc(C2CCCCC2)cc1F. The molecule has 0 atom stereocenters. The fourth-order valence-corrected chi connectivity index (χ4v) is 2.72. The van der Waals surface area contributed by atoms with Gasteiger partial charge in [-0.2, -0.15) is 0 Å². The van der Waals surface area contributed by atoms with Crippen LogP contribution >= 0.6 is 0 Å². The van der Waals surface area contributed by atoms with Crippen molar-refractivity contribution in [2.75, 3.05) is 6.61 Å². The van der Waals surface area contributed by atoms with Gasteiger partial charge in [0.05, 0.1) is 0 Å². The van der Waals surface area contributed by atoms with Gasteiger partial charge in [-0.3, -0.25) is 0 Å². The highest BCUT2D eigenvalue weighted by atomic mass is 19.1. The molecule has 94 valence electrons. The van der Waals surface area contributed by atoms with E-state index in [4.69, 9.17) is 0 Å². The van der Waals surface area contributed by atoms with E-state index in [1.807, 2.05) is 6.07 Å². The molecule has 1 aromatic rings. The molecule has 0 unspecified atom stereocenters. The van der Waals surface area contributed by atoms with E-state index in [9.17, 15) is 9.50 Å². The Bertz CT molecular complexity index is 356. The Labute approximate surface area is 103 Å². The third-order valence-corrected chi connectivity index (χ3v) is 3.74. The van der Waals surface area contributed by atoms with Crippen molar-refractivity contribution in [2.45, 2.75) is 50.9 Å². The van der Waals surface area contributed by atoms with Gasteiger partial charge in [0.2, 0.25) is 0 Å². The van der Waals surface area contributed by atoms with Crippen LogP contribution in [0.3, 0.4) is 0 Å². The molecule has 1 saturated carbocycles. The predicted octanol–water partition coefficient (Wildman–Crippen LogP) is 3.17. The Morgan fingerprint density at radius 2 is 1.94 bits per heavy atom. The van der Waals surface area contributed by atoms with E-state index in [0.29, 0.717) is 24.3 Å². The molecule has 2 rings (SSSR count). The molecule has 1 aliphatic rings. The van der Waals surface area contributed by atoms with Gasteiger partial charge in [-0.15, -0.1) is 6.61 Å². The molecule has 17 heavy (non-hydrogen) atoms. The minimum Gasteiger partial charge on any atom is -0.854 e. The molecule has 1 nitrogen and oxygen atoms in total. The average Bonchev–Trinajstić information content (AvgIpc) is 2.38. The first-order valence-electron chi connectivity index (χ1n) is 6.67. The third-order valence-electron chi connectivity index (χ3n) is 3.74. The Balaban J connectivity index is 2.06. The molecule has 0 spiro atoms. The summed E-state index contributed by atoms with van der Waals surface area (Å²) in [5, 5.41) is 10.4. The van der Waals surface area contributed by atoms with Crippen molar-refractivity contribution in [1.82, 2.24) is 0 Å². The zero-order valence-corrected chi connectivity index (χ0v) is 10.3. The minimum atomic E-state index is -0.124. The van der Waals surface area contributed by atoms with Crippen molar-refractivity contribution < 1.29 is 9.50 Å². The van der Waals surface area contributed by atoms with Crippen LogP contribution in [0.5, 0.6) is 0 Å². The van der Waals surface area contributed by atoms with Crippen LogP contribution in [-0.2, 0) is 6.42 Å². The van der Waals surface area contributed by atoms with Crippen molar-refractivity contribution in [3.63, 3.8) is 0 Å². The Morgan fingerprint density at radius 1 is 1.18 bits per heavy atom. The zero-order valence-electron chi connectivity index (χ0n) is 10.3. The van der Waals surface area contributed by atoms with Crippen LogP contribution in [0, 0.1) is 5.82 Å². The maximum absolute atomic E-state index is 13.8. The smallest absolute Gasteiger partial charge is 0.126 e. The van der Waals surface area contributed by atoms with Gasteiger partial charge in [-0.05, 0) is 42.4 Å². The molecule has 0 amide bonds. The monoisotopic (exact) mass is 235 g/mol. The number of hydrogen-bond donors (Lipinski definition) is 0. The Kier molecular flexibility index (Phi) is 4.55. The highest BCUT2D eigenvalue weighted by Gasteiger charge is 2.16. The summed E-state index contributed by atoms with van der Waals surface area (Å²) >= 11 is 0. The van der Waals surface area contributed by atoms with Crippen LogP contribution in [0.2, 0.25) is 0 Å². The van der Waals surface area contributed by atoms with Crippen LogP contribution in [0.25, 0.3) is 0 Å². The lowest BCUT2D eigenvalue weighted by atomic mass is 9.83. The zero-order chi connectivity index (χ0) is 12.1. The quantitative estimate of drug-likeness (QED) is 0.786. The van der Waals surface area contributed by atoms with Crippen LogP contribution in [0.4, 0.5) is 4.39 Å². The summed E-state index contributed by atoms with van der Waals surface area (Å²) in [6.45, 7) is -0.121. The van der Waals surface area contributed by atoms with Gasteiger partial charge in [0.1, 0.15) is 5.82 Å². The lowest BCUT2D eigenvalue weighted by molar-refractivity contribution is -0.368. The number of halogens is 1. The summed E-state index contributed by atoms with van der Waals surface area (Å²) in [4.78, 5) is 0. The van der Waals surface area contributed by atoms with E-state index >= 15 is 0 Å². The fourth-order valence-electron chi connectivity index (χ4n) is 2.72. The second-order valence-electron chi connectivity index (χ2n) is 4.99. The van der Waals surface area contributed by atoms with Crippen molar-refractivity contribution in [3.05, 3.63) is 35.1 Å². The molecule has 0 aromatic heterocycles. The van der Waals surface area contributed by atoms with Gasteiger partial charge in [-0.1, -0.05) is 37.8 Å². The topological polar surface area (TPSA) is 23.1 Å². The van der Waals surface area contributed by atoms with E-state index in [-0.39, 0.29) is 12.4 Å². The molecule has 1 aliphatic carbocycles. The first-order chi connectivity index (χ1) is 8.31. The second-order valence-corrected chi connectivity index (χ2v) is 4.99. The van der Waals surface area contributed by atoms with Crippen LogP contribution in [-0.4, -0.2) is 6.61 Å². The van der Waals surface area contributed by atoms with Crippen molar-refractivity contribution in [3.8, 4) is 0 Å². The third kappa shape index (κ3) is 3.29. The molecule has 1 aromatic carbocycles. The summed E-state index contributed by atoms with van der Waals surface area (Å²) in [6.07, 6.45) is 7.34. The van der Waals surface area contributed by atoms with Gasteiger partial charge in [0, 0.05) is 0 Å². The largest absolute Gasteiger partial charge is 0.854 e. The first-order valence-corrected chi connectivity index (χ1v) is 6.67. The van der Waals surface area contributed by atoms with E-state index in [2.05, 4.69) is 6.07 Å². The average molecular weight is 235 g/mol. The summed E-state index contributed by atoms with van der Waals surface area (Å²) in [5.74, 6) is 0.424. The van der Waals surface area contributed by atoms with E-state index in [1.54, 1.807) is 6.07 Å². The Morgan fingerprint density at radius 3 is 2.59 bits per heavy atom. The standard InChI is InChI=1S/C15H20FO/c16-15-11-14(12-5-2-1-3-6-12)9-8-13(15)7-4-10-17/h8-9,11-12H,1-7,10H2/q-1. The van der Waals surface area contributed by atoms with Crippen LogP contribution in [0.1, 0.15) is 55.6 Å². The fraction of sp³-hybridized carbons (Fsp3) is 0.600. The molecule has 1 fully saturated rings. The molecular weight excluding hydrogens is 215 g/mol. The number of aryl methyl sites for hydroxylation is 1. The van der Waals surface area contributed by atoms with Crippen molar-refractivity contribution >= 4 is 0 Å². The molecule has 0 aliphatic heterocycles. The normalized spacial score (nSPS) is 17.3. The maximum atomic E-state index is 13.8. The molecule has 0 saturated heterocycles. The highest BCUT2D eigenvalue weighted by Crippen LogP contribution is 2.33. The maximum Gasteiger partial charge on any atom is 0.126 e. The minimum absolute atomic E-state index is 0.121. The van der Waals surface area contributed by atoms with Crippen LogP contribution < -0.4 is 5.11 Å². The van der Waals surface area contributed by atoms with E-state index in [0.717, 1.165) is 5.56 Å². The summed E-state index contributed by atoms with van der Waals surface area (Å²) in [5.41, 5.74) is 1.84. The number of hydrogen-bond acceptors (Lipinski definition) is 1. The highest BCUT2D eigenvalue weighted by molar-refractivity contribution is 5.27. The van der Waals surface area contributed by atoms with Gasteiger partial charge >= 0.3 is 0 Å². The summed E-state index contributed by atoms with van der Waals surface area (Å²) in [6, 6.07) is 5.62. The lowest BCUT2D eigenvalue weighted by Gasteiger charge is -2.22. The van der Waals surface area contributed by atoms with Gasteiger partial charge in [0.15, 0.2) is 0 Å². The number of benzene rings is 1. The van der Waals surface area contributed by atoms with E-state index in [1.165, 1.54) is 32.1 Å². The lowest BCUT2D eigenvalue weighted by Crippen LogP contribution is -2.08. The second kappa shape index (κ2) is 6.15. The summed E-state index contributed by atoms with van der Waals surface area (Å²) in [7, 11) is 0. The first kappa shape index (κ1) is 12.6. The molecule has 0 bridgehead atoms. The van der Waals surface area contributed by atoms with E-state index < -0.39 is 0 Å². The predicted molar refractivity (Wildman–Crippen MR) is 65.4 cm³/mol. The van der Waals surface area contributed by atoms with Crippen LogP contribution in [0.15, 0.2) is 18.2 Å². The Hall–Kier alpha value is -0.890. The van der Waals surface area contributed by atoms with Crippen molar-refractivity contribution in [1.29, 1.82) is 0 Å². The molecule has 0 heterocycles. The molecule has 2 heteroatoms. The molecular formula is C15H20FO-. The molecule has 0 N–H and O–H groups in total. The van der Waals surface area contributed by atoms with Gasteiger partial charge in [-0.25, -0.2) is 4.39 Å². The van der Waals surface area contributed by atoms with Crippen molar-refractivity contribution in [2.24, 2.45) is 0 Å². The van der Waals surface area contributed by atoms with Gasteiger partial charge in [0.25, 0.3) is 0 Å². The number of rotatable bonds is 4. The molecule has 0 radical (unpaired) electrons.